The minimum absolute atomic E-state index is 0.0943. The fraction of sp³-hybridized carbons (Fsp3) is 0.429. The van der Waals surface area contributed by atoms with Crippen molar-refractivity contribution in [2.24, 2.45) is 0 Å². The molecule has 0 spiro atoms. The first-order chi connectivity index (χ1) is 10.4. The van der Waals surface area contributed by atoms with Gasteiger partial charge in [-0.2, -0.15) is 4.31 Å². The van der Waals surface area contributed by atoms with Crippen molar-refractivity contribution in [1.29, 1.82) is 0 Å². The zero-order chi connectivity index (χ0) is 15.9. The molecule has 5 nitrogen and oxygen atoms in total. The van der Waals surface area contributed by atoms with Crippen molar-refractivity contribution in [3.05, 3.63) is 34.3 Å². The van der Waals surface area contributed by atoms with E-state index in [4.69, 9.17) is 28.9 Å². The SMILES string of the molecule is Nc1c(Cl)cc(S(=O)(=O)N2CC[C@H](N3CC=CC3)C2)cc1Cl. The predicted octanol–water partition coefficient (Wildman–Crippen LogP) is 2.21. The van der Waals surface area contributed by atoms with E-state index in [-0.39, 0.29) is 26.7 Å². The van der Waals surface area contributed by atoms with Crippen LogP contribution in [0.1, 0.15) is 6.42 Å². The summed E-state index contributed by atoms with van der Waals surface area (Å²) in [6.45, 7) is 2.77. The number of benzene rings is 1. The first-order valence-corrected chi connectivity index (χ1v) is 9.23. The van der Waals surface area contributed by atoms with Crippen molar-refractivity contribution in [3.8, 4) is 0 Å². The molecular weight excluding hydrogens is 345 g/mol. The Labute approximate surface area is 140 Å². The number of hydrogen-bond acceptors (Lipinski definition) is 4. The highest BCUT2D eigenvalue weighted by Crippen LogP contribution is 2.33. The maximum atomic E-state index is 12.7. The summed E-state index contributed by atoms with van der Waals surface area (Å²) >= 11 is 11.9. The zero-order valence-electron chi connectivity index (χ0n) is 11.9. The molecule has 3 rings (SSSR count). The van der Waals surface area contributed by atoms with Gasteiger partial charge < -0.3 is 5.73 Å². The summed E-state index contributed by atoms with van der Waals surface area (Å²) in [5, 5.41) is 0.316. The molecule has 2 aliphatic heterocycles. The van der Waals surface area contributed by atoms with Gasteiger partial charge in [0.25, 0.3) is 0 Å². The van der Waals surface area contributed by atoms with Gasteiger partial charge in [-0.3, -0.25) is 4.90 Å². The Morgan fingerprint density at radius 2 is 1.73 bits per heavy atom. The molecule has 8 heteroatoms. The second-order valence-electron chi connectivity index (χ2n) is 5.53. The summed E-state index contributed by atoms with van der Waals surface area (Å²) < 4.78 is 27.0. The second-order valence-corrected chi connectivity index (χ2v) is 8.28. The van der Waals surface area contributed by atoms with Crippen LogP contribution in [0.4, 0.5) is 5.69 Å². The topological polar surface area (TPSA) is 66.6 Å². The van der Waals surface area contributed by atoms with Gasteiger partial charge in [0.1, 0.15) is 0 Å². The van der Waals surface area contributed by atoms with E-state index in [0.29, 0.717) is 13.1 Å². The summed E-state index contributed by atoms with van der Waals surface area (Å²) in [6, 6.07) is 2.98. The number of rotatable bonds is 3. The molecule has 2 N–H and O–H groups in total. The molecule has 1 atom stereocenters. The lowest BCUT2D eigenvalue weighted by atomic mass is 10.2. The number of sulfonamides is 1. The Balaban J connectivity index is 1.82. The summed E-state index contributed by atoms with van der Waals surface area (Å²) in [4.78, 5) is 2.37. The molecule has 1 fully saturated rings. The van der Waals surface area contributed by atoms with Crippen LogP contribution in [-0.2, 0) is 10.0 Å². The van der Waals surface area contributed by atoms with Gasteiger partial charge in [0.2, 0.25) is 10.0 Å². The van der Waals surface area contributed by atoms with Gasteiger partial charge in [0.15, 0.2) is 0 Å². The zero-order valence-corrected chi connectivity index (χ0v) is 14.2. The van der Waals surface area contributed by atoms with Crippen LogP contribution in [0.5, 0.6) is 0 Å². The molecular formula is C14H17Cl2N3O2S. The maximum Gasteiger partial charge on any atom is 0.243 e. The van der Waals surface area contributed by atoms with Gasteiger partial charge in [-0.05, 0) is 18.6 Å². The fourth-order valence-electron chi connectivity index (χ4n) is 2.88. The number of halogens is 2. The van der Waals surface area contributed by atoms with Gasteiger partial charge >= 0.3 is 0 Å². The standard InChI is InChI=1S/C14H17Cl2N3O2S/c15-12-7-11(8-13(16)14(12)17)22(20,21)19-6-3-10(9-19)18-4-1-2-5-18/h1-2,7-8,10H,3-6,9,17H2/t10-/m0/s1. The minimum Gasteiger partial charge on any atom is -0.396 e. The van der Waals surface area contributed by atoms with Crippen molar-refractivity contribution in [2.75, 3.05) is 31.9 Å². The van der Waals surface area contributed by atoms with E-state index in [9.17, 15) is 8.42 Å². The molecule has 2 aliphatic rings. The van der Waals surface area contributed by atoms with Crippen molar-refractivity contribution < 1.29 is 8.42 Å². The van der Waals surface area contributed by atoms with E-state index in [1.54, 1.807) is 0 Å². The van der Waals surface area contributed by atoms with Gasteiger partial charge in [0.05, 0.1) is 20.6 Å². The van der Waals surface area contributed by atoms with Crippen LogP contribution < -0.4 is 5.73 Å². The summed E-state index contributed by atoms with van der Waals surface area (Å²) in [6.07, 6.45) is 5.05. The fourth-order valence-corrected chi connectivity index (χ4v) is 5.04. The number of nitrogen functional groups attached to an aromatic ring is 1. The third-order valence-corrected chi connectivity index (χ3v) is 6.65. The van der Waals surface area contributed by atoms with Crippen molar-refractivity contribution in [2.45, 2.75) is 17.4 Å². The van der Waals surface area contributed by atoms with Gasteiger partial charge in [-0.15, -0.1) is 0 Å². The van der Waals surface area contributed by atoms with E-state index < -0.39 is 10.0 Å². The van der Waals surface area contributed by atoms with Crippen LogP contribution in [-0.4, -0.2) is 49.8 Å². The second kappa shape index (κ2) is 6.02. The van der Waals surface area contributed by atoms with Crippen molar-refractivity contribution in [1.82, 2.24) is 9.21 Å². The predicted molar refractivity (Wildman–Crippen MR) is 88.8 cm³/mol. The van der Waals surface area contributed by atoms with Crippen LogP contribution in [0, 0.1) is 0 Å². The average Bonchev–Trinajstić information content (AvgIpc) is 3.14. The molecule has 0 aromatic heterocycles. The molecule has 0 bridgehead atoms. The first-order valence-electron chi connectivity index (χ1n) is 7.03. The van der Waals surface area contributed by atoms with E-state index >= 15 is 0 Å². The lowest BCUT2D eigenvalue weighted by Crippen LogP contribution is -2.37. The van der Waals surface area contributed by atoms with Gasteiger partial charge in [-0.25, -0.2) is 8.42 Å². The van der Waals surface area contributed by atoms with Crippen LogP contribution in [0.25, 0.3) is 0 Å². The first kappa shape index (κ1) is 16.1. The van der Waals surface area contributed by atoms with Crippen LogP contribution in [0.3, 0.4) is 0 Å². The van der Waals surface area contributed by atoms with Gasteiger partial charge in [0, 0.05) is 32.2 Å². The molecule has 0 radical (unpaired) electrons. The molecule has 1 aromatic carbocycles. The minimum atomic E-state index is -3.60. The molecule has 0 unspecified atom stereocenters. The Morgan fingerprint density at radius 3 is 2.32 bits per heavy atom. The van der Waals surface area contributed by atoms with Crippen LogP contribution >= 0.6 is 23.2 Å². The highest BCUT2D eigenvalue weighted by atomic mass is 35.5. The largest absolute Gasteiger partial charge is 0.396 e. The van der Waals surface area contributed by atoms with Crippen molar-refractivity contribution >= 4 is 38.9 Å². The van der Waals surface area contributed by atoms with E-state index in [0.717, 1.165) is 19.5 Å². The summed E-state index contributed by atoms with van der Waals surface area (Å²) in [5.74, 6) is 0. The van der Waals surface area contributed by atoms with Crippen molar-refractivity contribution in [3.63, 3.8) is 0 Å². The number of hydrogen-bond donors (Lipinski definition) is 1. The van der Waals surface area contributed by atoms with E-state index in [1.807, 2.05) is 0 Å². The van der Waals surface area contributed by atoms with Crippen LogP contribution in [0.15, 0.2) is 29.2 Å². The molecule has 1 aromatic rings. The molecule has 120 valence electrons. The number of nitrogens with two attached hydrogens (primary N) is 1. The van der Waals surface area contributed by atoms with Gasteiger partial charge in [-0.1, -0.05) is 35.4 Å². The monoisotopic (exact) mass is 361 g/mol. The highest BCUT2D eigenvalue weighted by molar-refractivity contribution is 7.89. The summed E-state index contributed by atoms with van der Waals surface area (Å²) in [7, 11) is -3.60. The van der Waals surface area contributed by atoms with Crippen LogP contribution in [0.2, 0.25) is 10.0 Å². The average molecular weight is 362 g/mol. The Morgan fingerprint density at radius 1 is 1.14 bits per heavy atom. The molecule has 22 heavy (non-hydrogen) atoms. The Kier molecular flexibility index (Phi) is 4.40. The third kappa shape index (κ3) is 2.86. The maximum absolute atomic E-state index is 12.7. The molecule has 0 saturated carbocycles. The molecule has 1 saturated heterocycles. The van der Waals surface area contributed by atoms with E-state index in [1.165, 1.54) is 16.4 Å². The summed E-state index contributed by atoms with van der Waals surface area (Å²) in [5.41, 5.74) is 5.87. The number of nitrogens with zero attached hydrogens (tertiary/aromatic N) is 2. The Bertz CT molecular complexity index is 690. The molecule has 0 amide bonds. The Hall–Kier alpha value is -0.790. The third-order valence-electron chi connectivity index (χ3n) is 4.18. The quantitative estimate of drug-likeness (QED) is 0.661. The number of anilines is 1. The normalized spacial score (nSPS) is 23.5. The lowest BCUT2D eigenvalue weighted by Gasteiger charge is -2.23. The molecule has 0 aliphatic carbocycles. The smallest absolute Gasteiger partial charge is 0.243 e. The van der Waals surface area contributed by atoms with E-state index in [2.05, 4.69) is 17.1 Å². The molecule has 2 heterocycles. The highest BCUT2D eigenvalue weighted by Gasteiger charge is 2.35. The lowest BCUT2D eigenvalue weighted by molar-refractivity contribution is 0.261.